The predicted octanol–water partition coefficient (Wildman–Crippen LogP) is 4.96. The lowest BCUT2D eigenvalue weighted by Gasteiger charge is -2.30. The van der Waals surface area contributed by atoms with E-state index in [1.807, 2.05) is 4.90 Å². The van der Waals surface area contributed by atoms with Gasteiger partial charge in [-0.1, -0.05) is 36.2 Å². The molecule has 2 aromatic rings. The predicted molar refractivity (Wildman–Crippen MR) is 126 cm³/mol. The molecule has 0 aliphatic carbocycles. The van der Waals surface area contributed by atoms with Crippen molar-refractivity contribution in [3.05, 3.63) is 69.3 Å². The van der Waals surface area contributed by atoms with Crippen LogP contribution in [0.15, 0.2) is 53.2 Å². The summed E-state index contributed by atoms with van der Waals surface area (Å²) < 4.78 is 0. The number of anilines is 2. The van der Waals surface area contributed by atoms with E-state index in [0.29, 0.717) is 27.9 Å². The van der Waals surface area contributed by atoms with Crippen molar-refractivity contribution in [2.45, 2.75) is 26.7 Å². The summed E-state index contributed by atoms with van der Waals surface area (Å²) in [6.45, 7) is 5.51. The number of hydrogen-bond donors (Lipinski definition) is 1. The standard InChI is InChI=1S/C24H23Cl2N3O3/c1-14-9-11-28(12-10-14)22(30)16-4-7-18(8-5-16)27-21-20(26)23(31)29(24(21)32)19-13-17(25)6-3-15(19)2/h3-8,13-14,27H,9-12H2,1-2H3. The summed E-state index contributed by atoms with van der Waals surface area (Å²) in [5, 5.41) is 3.15. The summed E-state index contributed by atoms with van der Waals surface area (Å²) >= 11 is 12.3. The molecule has 0 unspecified atom stereocenters. The van der Waals surface area contributed by atoms with Crippen LogP contribution in [0.2, 0.25) is 5.02 Å². The minimum absolute atomic E-state index is 0.00424. The molecule has 6 nitrogen and oxygen atoms in total. The molecule has 8 heteroatoms. The first-order chi connectivity index (χ1) is 15.3. The van der Waals surface area contributed by atoms with Gasteiger partial charge < -0.3 is 10.2 Å². The highest BCUT2D eigenvalue weighted by molar-refractivity contribution is 6.53. The van der Waals surface area contributed by atoms with Gasteiger partial charge in [0, 0.05) is 29.4 Å². The molecular formula is C24H23Cl2N3O3. The van der Waals surface area contributed by atoms with Crippen LogP contribution >= 0.6 is 23.2 Å². The molecule has 0 bridgehead atoms. The second kappa shape index (κ2) is 8.96. The fourth-order valence-electron chi connectivity index (χ4n) is 3.89. The largest absolute Gasteiger partial charge is 0.350 e. The first kappa shape index (κ1) is 22.4. The van der Waals surface area contributed by atoms with Crippen molar-refractivity contribution >= 4 is 52.3 Å². The van der Waals surface area contributed by atoms with Crippen molar-refractivity contribution in [3.8, 4) is 0 Å². The van der Waals surface area contributed by atoms with Gasteiger partial charge in [0.15, 0.2) is 0 Å². The molecule has 0 radical (unpaired) electrons. The van der Waals surface area contributed by atoms with Gasteiger partial charge in [-0.15, -0.1) is 0 Å². The number of amides is 3. The Bertz CT molecular complexity index is 1120. The Morgan fingerprint density at radius 1 is 1.00 bits per heavy atom. The monoisotopic (exact) mass is 471 g/mol. The fourth-order valence-corrected chi connectivity index (χ4v) is 4.27. The minimum atomic E-state index is -0.615. The van der Waals surface area contributed by atoms with Crippen molar-refractivity contribution in [3.63, 3.8) is 0 Å². The Balaban J connectivity index is 1.50. The molecule has 2 aromatic carbocycles. The number of nitrogens with one attached hydrogen (secondary N) is 1. The lowest BCUT2D eigenvalue weighted by Crippen LogP contribution is -2.37. The zero-order valence-electron chi connectivity index (χ0n) is 17.8. The maximum absolute atomic E-state index is 13.0. The summed E-state index contributed by atoms with van der Waals surface area (Å²) in [5.41, 5.74) is 2.22. The number of imide groups is 1. The summed E-state index contributed by atoms with van der Waals surface area (Å²) in [6, 6.07) is 11.8. The molecule has 2 heterocycles. The number of halogens is 2. The first-order valence-corrected chi connectivity index (χ1v) is 11.2. The molecule has 0 aromatic heterocycles. The Kier molecular flexibility index (Phi) is 6.26. The van der Waals surface area contributed by atoms with E-state index in [9.17, 15) is 14.4 Å². The molecule has 0 saturated carbocycles. The van der Waals surface area contributed by atoms with Crippen LogP contribution in [0.3, 0.4) is 0 Å². The van der Waals surface area contributed by atoms with Crippen LogP contribution in [0.5, 0.6) is 0 Å². The van der Waals surface area contributed by atoms with Crippen LogP contribution < -0.4 is 10.2 Å². The zero-order chi connectivity index (χ0) is 23.0. The summed E-state index contributed by atoms with van der Waals surface area (Å²) in [5.74, 6) is -0.537. The number of nitrogens with zero attached hydrogens (tertiary/aromatic N) is 2. The highest BCUT2D eigenvalue weighted by atomic mass is 35.5. The average molecular weight is 472 g/mol. The molecule has 3 amide bonds. The normalized spacial score (nSPS) is 17.4. The van der Waals surface area contributed by atoms with Crippen molar-refractivity contribution in [2.75, 3.05) is 23.3 Å². The van der Waals surface area contributed by atoms with Crippen LogP contribution in [0, 0.1) is 12.8 Å². The molecule has 0 atom stereocenters. The highest BCUT2D eigenvalue weighted by Gasteiger charge is 2.39. The summed E-state index contributed by atoms with van der Waals surface area (Å²) in [7, 11) is 0. The second-order valence-corrected chi connectivity index (χ2v) is 9.06. The number of carbonyl (C=O) groups excluding carboxylic acids is 3. The number of piperidine rings is 1. The summed E-state index contributed by atoms with van der Waals surface area (Å²) in [4.78, 5) is 41.3. The van der Waals surface area contributed by atoms with Crippen molar-refractivity contribution < 1.29 is 14.4 Å². The number of hydrogen-bond acceptors (Lipinski definition) is 4. The minimum Gasteiger partial charge on any atom is -0.350 e. The lowest BCUT2D eigenvalue weighted by atomic mass is 9.98. The Morgan fingerprint density at radius 2 is 1.66 bits per heavy atom. The molecule has 2 aliphatic heterocycles. The van der Waals surface area contributed by atoms with E-state index in [2.05, 4.69) is 12.2 Å². The van der Waals surface area contributed by atoms with Gasteiger partial charge in [0.25, 0.3) is 17.7 Å². The van der Waals surface area contributed by atoms with E-state index in [-0.39, 0.29) is 16.6 Å². The van der Waals surface area contributed by atoms with Crippen LogP contribution in [0.4, 0.5) is 11.4 Å². The lowest BCUT2D eigenvalue weighted by molar-refractivity contribution is -0.120. The molecule has 166 valence electrons. The van der Waals surface area contributed by atoms with Crippen LogP contribution in [-0.2, 0) is 9.59 Å². The molecule has 1 saturated heterocycles. The van der Waals surface area contributed by atoms with Gasteiger partial charge in [0.05, 0.1) is 5.69 Å². The molecular weight excluding hydrogens is 449 g/mol. The van der Waals surface area contributed by atoms with Crippen molar-refractivity contribution in [2.24, 2.45) is 5.92 Å². The maximum atomic E-state index is 13.0. The number of carbonyl (C=O) groups is 3. The van der Waals surface area contributed by atoms with Crippen LogP contribution in [-0.4, -0.2) is 35.7 Å². The number of aryl methyl sites for hydroxylation is 1. The van der Waals surface area contributed by atoms with Gasteiger partial charge in [-0.25, -0.2) is 4.90 Å². The van der Waals surface area contributed by atoms with Crippen molar-refractivity contribution in [1.82, 2.24) is 4.90 Å². The Hall–Kier alpha value is -2.83. The number of benzene rings is 2. The third kappa shape index (κ3) is 4.25. The Labute approximate surface area is 196 Å². The third-order valence-corrected chi connectivity index (χ3v) is 6.50. The molecule has 4 rings (SSSR count). The average Bonchev–Trinajstić information content (AvgIpc) is 2.99. The van der Waals surface area contributed by atoms with E-state index in [1.54, 1.807) is 49.4 Å². The Morgan fingerprint density at radius 3 is 2.31 bits per heavy atom. The van der Waals surface area contributed by atoms with Crippen LogP contribution in [0.25, 0.3) is 0 Å². The zero-order valence-corrected chi connectivity index (χ0v) is 19.3. The van der Waals surface area contributed by atoms with Gasteiger partial charge in [-0.2, -0.15) is 0 Å². The quantitative estimate of drug-likeness (QED) is 0.639. The molecule has 0 spiro atoms. The topological polar surface area (TPSA) is 69.7 Å². The van der Waals surface area contributed by atoms with E-state index in [0.717, 1.165) is 36.4 Å². The summed E-state index contributed by atoms with van der Waals surface area (Å²) in [6.07, 6.45) is 2.02. The molecule has 1 N–H and O–H groups in total. The van der Waals surface area contributed by atoms with Gasteiger partial charge >= 0.3 is 0 Å². The first-order valence-electron chi connectivity index (χ1n) is 10.5. The fraction of sp³-hybridized carbons (Fsp3) is 0.292. The third-order valence-electron chi connectivity index (χ3n) is 5.91. The van der Waals surface area contributed by atoms with E-state index in [4.69, 9.17) is 23.2 Å². The van der Waals surface area contributed by atoms with Crippen molar-refractivity contribution in [1.29, 1.82) is 0 Å². The molecule has 1 fully saturated rings. The molecule has 32 heavy (non-hydrogen) atoms. The smallest absolute Gasteiger partial charge is 0.283 e. The highest BCUT2D eigenvalue weighted by Crippen LogP contribution is 2.33. The van der Waals surface area contributed by atoms with Crippen LogP contribution in [0.1, 0.15) is 35.7 Å². The van der Waals surface area contributed by atoms with Gasteiger partial charge in [0.1, 0.15) is 10.7 Å². The van der Waals surface area contributed by atoms with Gasteiger partial charge in [-0.05, 0) is 67.6 Å². The maximum Gasteiger partial charge on any atom is 0.283 e. The van der Waals surface area contributed by atoms with Gasteiger partial charge in [0.2, 0.25) is 0 Å². The van der Waals surface area contributed by atoms with E-state index in [1.165, 1.54) is 0 Å². The number of rotatable bonds is 4. The van der Waals surface area contributed by atoms with E-state index >= 15 is 0 Å². The number of likely N-dealkylation sites (tertiary alicyclic amines) is 1. The van der Waals surface area contributed by atoms with Gasteiger partial charge in [-0.3, -0.25) is 14.4 Å². The molecule has 2 aliphatic rings. The second-order valence-electron chi connectivity index (χ2n) is 8.24. The van der Waals surface area contributed by atoms with E-state index < -0.39 is 11.8 Å². The SMILES string of the molecule is Cc1ccc(Cl)cc1N1C(=O)C(Cl)=C(Nc2ccc(C(=O)N3CCC(C)CC3)cc2)C1=O.